The average molecular weight is 437 g/mol. The summed E-state index contributed by atoms with van der Waals surface area (Å²) < 4.78 is 5.54. The van der Waals surface area contributed by atoms with Crippen molar-refractivity contribution in [1.82, 2.24) is 10.6 Å². The molecule has 4 rings (SSSR count). The minimum absolute atomic E-state index is 0.00167. The molecule has 0 heterocycles. The third kappa shape index (κ3) is 4.93. The van der Waals surface area contributed by atoms with E-state index >= 15 is 0 Å². The highest BCUT2D eigenvalue weighted by atomic mass is 16.5. The molecule has 0 bridgehead atoms. The first-order valence-corrected chi connectivity index (χ1v) is 11.0. The normalized spacial score (nSPS) is 16.4. The third-order valence-corrected chi connectivity index (χ3v) is 6.26. The van der Waals surface area contributed by atoms with E-state index in [-0.39, 0.29) is 37.3 Å². The SMILES string of the molecule is CC(CCC(=O)NC1(CC(=O)O)CC1)NC(=O)OCC1c2ccccc2-c2ccccc21. The molecule has 1 unspecified atom stereocenters. The van der Waals surface area contributed by atoms with Gasteiger partial charge in [-0.3, -0.25) is 9.59 Å². The zero-order valence-electron chi connectivity index (χ0n) is 18.1. The smallest absolute Gasteiger partial charge is 0.407 e. The number of carboxylic acids is 1. The Kier molecular flexibility index (Phi) is 6.17. The fourth-order valence-corrected chi connectivity index (χ4v) is 4.41. The number of alkyl carbamates (subject to hydrolysis) is 1. The van der Waals surface area contributed by atoms with Gasteiger partial charge in [0.1, 0.15) is 6.61 Å². The molecule has 2 amide bonds. The molecule has 0 aromatic heterocycles. The van der Waals surface area contributed by atoms with Crippen molar-refractivity contribution in [3.8, 4) is 11.1 Å². The van der Waals surface area contributed by atoms with E-state index < -0.39 is 17.6 Å². The molecule has 168 valence electrons. The van der Waals surface area contributed by atoms with Gasteiger partial charge in [0.25, 0.3) is 0 Å². The number of fused-ring (bicyclic) bond motifs is 3. The second-order valence-corrected chi connectivity index (χ2v) is 8.81. The summed E-state index contributed by atoms with van der Waals surface area (Å²) in [7, 11) is 0. The van der Waals surface area contributed by atoms with Crippen LogP contribution in [0, 0.1) is 0 Å². The van der Waals surface area contributed by atoms with Gasteiger partial charge in [0.2, 0.25) is 5.91 Å². The summed E-state index contributed by atoms with van der Waals surface area (Å²) in [5.41, 5.74) is 4.08. The summed E-state index contributed by atoms with van der Waals surface area (Å²) in [4.78, 5) is 35.4. The summed E-state index contributed by atoms with van der Waals surface area (Å²) in [5, 5.41) is 14.6. The molecule has 1 saturated carbocycles. The van der Waals surface area contributed by atoms with Gasteiger partial charge in [-0.15, -0.1) is 0 Å². The van der Waals surface area contributed by atoms with Crippen molar-refractivity contribution in [2.24, 2.45) is 0 Å². The van der Waals surface area contributed by atoms with Gasteiger partial charge < -0.3 is 20.5 Å². The number of rotatable bonds is 9. The number of ether oxygens (including phenoxy) is 1. The summed E-state index contributed by atoms with van der Waals surface area (Å²) >= 11 is 0. The number of aliphatic carboxylic acids is 1. The average Bonchev–Trinajstić information content (AvgIpc) is 3.42. The standard InChI is InChI=1S/C25H28N2O5/c1-16(10-11-22(28)27-25(12-13-25)14-23(29)30)26-24(31)32-15-21-19-8-4-2-6-17(19)18-7-3-5-9-20(18)21/h2-9,16,21H,10-15H2,1H3,(H,26,31)(H,27,28)(H,29,30). The van der Waals surface area contributed by atoms with E-state index in [1.165, 1.54) is 11.1 Å². The molecule has 3 N–H and O–H groups in total. The van der Waals surface area contributed by atoms with Crippen LogP contribution in [0.15, 0.2) is 48.5 Å². The van der Waals surface area contributed by atoms with E-state index in [9.17, 15) is 14.4 Å². The maximum Gasteiger partial charge on any atom is 0.407 e. The van der Waals surface area contributed by atoms with Crippen LogP contribution in [0.2, 0.25) is 0 Å². The van der Waals surface area contributed by atoms with Crippen LogP contribution in [0.4, 0.5) is 4.79 Å². The molecule has 0 saturated heterocycles. The first-order valence-electron chi connectivity index (χ1n) is 11.0. The molecule has 0 radical (unpaired) electrons. The Morgan fingerprint density at radius 1 is 1.06 bits per heavy atom. The first-order chi connectivity index (χ1) is 15.4. The van der Waals surface area contributed by atoms with Crippen molar-refractivity contribution in [1.29, 1.82) is 0 Å². The van der Waals surface area contributed by atoms with Crippen molar-refractivity contribution in [3.05, 3.63) is 59.7 Å². The second kappa shape index (κ2) is 9.02. The minimum Gasteiger partial charge on any atom is -0.481 e. The van der Waals surface area contributed by atoms with Gasteiger partial charge in [-0.2, -0.15) is 0 Å². The van der Waals surface area contributed by atoms with Gasteiger partial charge in [-0.1, -0.05) is 48.5 Å². The molecule has 2 aromatic rings. The van der Waals surface area contributed by atoms with E-state index in [0.29, 0.717) is 19.3 Å². The number of carboxylic acid groups (broad SMARTS) is 1. The molecule has 2 aliphatic rings. The van der Waals surface area contributed by atoms with Crippen LogP contribution in [0.5, 0.6) is 0 Å². The van der Waals surface area contributed by atoms with Crippen molar-refractivity contribution in [3.63, 3.8) is 0 Å². The fraction of sp³-hybridized carbons (Fsp3) is 0.400. The lowest BCUT2D eigenvalue weighted by Gasteiger charge is -2.18. The predicted octanol–water partition coefficient (Wildman–Crippen LogP) is 3.82. The maximum absolute atomic E-state index is 12.3. The molecule has 2 aromatic carbocycles. The highest BCUT2D eigenvalue weighted by Gasteiger charge is 2.45. The molecule has 2 aliphatic carbocycles. The Hall–Kier alpha value is -3.35. The molecule has 7 heteroatoms. The summed E-state index contributed by atoms with van der Waals surface area (Å²) in [6, 6.07) is 16.1. The Balaban J connectivity index is 1.24. The van der Waals surface area contributed by atoms with Crippen molar-refractivity contribution in [2.45, 2.75) is 56.5 Å². The van der Waals surface area contributed by atoms with Gasteiger partial charge in [-0.05, 0) is 48.4 Å². The van der Waals surface area contributed by atoms with Gasteiger partial charge in [0.15, 0.2) is 0 Å². The highest BCUT2D eigenvalue weighted by molar-refractivity contribution is 5.80. The number of hydrogen-bond acceptors (Lipinski definition) is 4. The quantitative estimate of drug-likeness (QED) is 0.554. The number of nitrogens with one attached hydrogen (secondary N) is 2. The number of carbonyl (C=O) groups excluding carboxylic acids is 2. The van der Waals surface area contributed by atoms with Crippen LogP contribution < -0.4 is 10.6 Å². The Morgan fingerprint density at radius 2 is 1.66 bits per heavy atom. The molecule has 1 fully saturated rings. The Bertz CT molecular complexity index is 985. The molecule has 1 atom stereocenters. The molecule has 7 nitrogen and oxygen atoms in total. The largest absolute Gasteiger partial charge is 0.481 e. The van der Waals surface area contributed by atoms with Crippen LogP contribution >= 0.6 is 0 Å². The van der Waals surface area contributed by atoms with E-state index in [2.05, 4.69) is 34.9 Å². The fourth-order valence-electron chi connectivity index (χ4n) is 4.41. The topological polar surface area (TPSA) is 105 Å². The Labute approximate surface area is 187 Å². The zero-order valence-corrected chi connectivity index (χ0v) is 18.1. The van der Waals surface area contributed by atoms with Gasteiger partial charge >= 0.3 is 12.1 Å². The summed E-state index contributed by atoms with van der Waals surface area (Å²) in [6.07, 6.45) is 1.48. The number of carbonyl (C=O) groups is 3. The highest BCUT2D eigenvalue weighted by Crippen LogP contribution is 2.44. The number of amides is 2. The summed E-state index contributed by atoms with van der Waals surface area (Å²) in [5.74, 6) is -1.10. The van der Waals surface area contributed by atoms with E-state index in [0.717, 1.165) is 11.1 Å². The van der Waals surface area contributed by atoms with Crippen molar-refractivity contribution in [2.75, 3.05) is 6.61 Å². The molecule has 0 spiro atoms. The van der Waals surface area contributed by atoms with Crippen LogP contribution in [-0.2, 0) is 14.3 Å². The lowest BCUT2D eigenvalue weighted by molar-refractivity contribution is -0.138. The minimum atomic E-state index is -0.909. The second-order valence-electron chi connectivity index (χ2n) is 8.81. The molecular weight excluding hydrogens is 408 g/mol. The van der Waals surface area contributed by atoms with Gasteiger partial charge in [-0.25, -0.2) is 4.79 Å². The van der Waals surface area contributed by atoms with Gasteiger partial charge in [0, 0.05) is 18.4 Å². The van der Waals surface area contributed by atoms with E-state index in [1.54, 1.807) is 0 Å². The van der Waals surface area contributed by atoms with Crippen molar-refractivity contribution < 1.29 is 24.2 Å². The van der Waals surface area contributed by atoms with Crippen LogP contribution in [0.25, 0.3) is 11.1 Å². The maximum atomic E-state index is 12.3. The Morgan fingerprint density at radius 3 is 2.22 bits per heavy atom. The first kappa shape index (κ1) is 21.9. The monoisotopic (exact) mass is 436 g/mol. The summed E-state index contributed by atoms with van der Waals surface area (Å²) in [6.45, 7) is 2.06. The molecule has 32 heavy (non-hydrogen) atoms. The van der Waals surface area contributed by atoms with E-state index in [1.807, 2.05) is 31.2 Å². The molecular formula is C25H28N2O5. The third-order valence-electron chi connectivity index (χ3n) is 6.26. The van der Waals surface area contributed by atoms with Crippen LogP contribution in [0.3, 0.4) is 0 Å². The number of hydrogen-bond donors (Lipinski definition) is 3. The zero-order chi connectivity index (χ0) is 22.7. The van der Waals surface area contributed by atoms with Crippen molar-refractivity contribution >= 4 is 18.0 Å². The molecule has 0 aliphatic heterocycles. The van der Waals surface area contributed by atoms with Crippen LogP contribution in [-0.4, -0.2) is 41.3 Å². The van der Waals surface area contributed by atoms with E-state index in [4.69, 9.17) is 9.84 Å². The van der Waals surface area contributed by atoms with Crippen LogP contribution in [0.1, 0.15) is 56.1 Å². The lowest BCUT2D eigenvalue weighted by Crippen LogP contribution is -2.40. The number of benzene rings is 2. The predicted molar refractivity (Wildman–Crippen MR) is 119 cm³/mol. The lowest BCUT2D eigenvalue weighted by atomic mass is 9.98. The van der Waals surface area contributed by atoms with Gasteiger partial charge in [0.05, 0.1) is 12.0 Å².